The molecule has 2 atom stereocenters. The van der Waals surface area contributed by atoms with Gasteiger partial charge in [-0.1, -0.05) is 29.4 Å². The van der Waals surface area contributed by atoms with Crippen molar-refractivity contribution in [2.45, 2.75) is 51.2 Å². The smallest absolute Gasteiger partial charge is 0.317 e. The van der Waals surface area contributed by atoms with E-state index in [1.54, 1.807) is 6.92 Å². The fraction of sp³-hybridized carbons (Fsp3) is 0.550. The van der Waals surface area contributed by atoms with E-state index < -0.39 is 0 Å². The zero-order chi connectivity index (χ0) is 18.6. The molecule has 1 aromatic heterocycles. The van der Waals surface area contributed by atoms with Gasteiger partial charge in [-0.3, -0.25) is 0 Å². The Bertz CT molecular complexity index is 791. The van der Waals surface area contributed by atoms with E-state index in [1.807, 2.05) is 4.90 Å². The number of nitrogens with zero attached hydrogens (tertiary/aromatic N) is 3. The number of aromatic nitrogens is 2. The van der Waals surface area contributed by atoms with E-state index in [2.05, 4.69) is 39.7 Å². The largest absolute Gasteiger partial charge is 0.363 e. The number of hydrogen-bond acceptors (Lipinski definition) is 5. The predicted octanol–water partition coefficient (Wildman–Crippen LogP) is 2.80. The molecule has 2 aliphatic heterocycles. The van der Waals surface area contributed by atoms with Gasteiger partial charge in [0.2, 0.25) is 0 Å². The highest BCUT2D eigenvalue weighted by Gasteiger charge is 2.31. The molecule has 1 saturated heterocycles. The van der Waals surface area contributed by atoms with Gasteiger partial charge in [0.25, 0.3) is 5.89 Å². The van der Waals surface area contributed by atoms with Gasteiger partial charge in [-0.05, 0) is 50.2 Å². The normalized spacial score (nSPS) is 22.8. The van der Waals surface area contributed by atoms with Crippen LogP contribution in [0.4, 0.5) is 4.79 Å². The molecule has 0 bridgehead atoms. The monoisotopic (exact) mass is 370 g/mol. The maximum Gasteiger partial charge on any atom is 0.317 e. The summed E-state index contributed by atoms with van der Waals surface area (Å²) in [5, 5.41) is 6.85. The molecule has 4 rings (SSSR count). The molecule has 27 heavy (non-hydrogen) atoms. The van der Waals surface area contributed by atoms with Crippen LogP contribution < -0.4 is 5.32 Å². The third-order valence-electron chi connectivity index (χ3n) is 5.34. The summed E-state index contributed by atoms with van der Waals surface area (Å²) >= 11 is 0. The lowest BCUT2D eigenvalue weighted by atomic mass is 9.98. The summed E-state index contributed by atoms with van der Waals surface area (Å²) in [5.41, 5.74) is 2.77. The minimum atomic E-state index is -0.161. The van der Waals surface area contributed by atoms with Gasteiger partial charge < -0.3 is 19.5 Å². The average Bonchev–Trinajstić information content (AvgIpc) is 3.29. The van der Waals surface area contributed by atoms with Gasteiger partial charge in [0.05, 0.1) is 6.10 Å². The Morgan fingerprint density at radius 3 is 2.81 bits per heavy atom. The van der Waals surface area contributed by atoms with Crippen molar-refractivity contribution >= 4 is 6.03 Å². The summed E-state index contributed by atoms with van der Waals surface area (Å²) in [6, 6.07) is 8.53. The molecule has 3 heterocycles. The van der Waals surface area contributed by atoms with Crippen molar-refractivity contribution < 1.29 is 14.1 Å². The Labute approximate surface area is 159 Å². The van der Waals surface area contributed by atoms with Crippen LogP contribution in [0.3, 0.4) is 0 Å². The van der Waals surface area contributed by atoms with E-state index in [1.165, 1.54) is 11.1 Å². The Hall–Kier alpha value is -2.41. The molecule has 7 heteroatoms. The highest BCUT2D eigenvalue weighted by molar-refractivity contribution is 5.74. The highest BCUT2D eigenvalue weighted by atomic mass is 16.5. The predicted molar refractivity (Wildman–Crippen MR) is 99.3 cm³/mol. The number of ether oxygens (including phenoxy) is 1. The summed E-state index contributed by atoms with van der Waals surface area (Å²) in [5.74, 6) is 1.15. The third-order valence-corrected chi connectivity index (χ3v) is 5.34. The van der Waals surface area contributed by atoms with Crippen molar-refractivity contribution in [1.29, 1.82) is 0 Å². The van der Waals surface area contributed by atoms with Crippen LogP contribution in [0.25, 0.3) is 0 Å². The molecule has 2 aliphatic rings. The molecule has 1 fully saturated rings. The average molecular weight is 370 g/mol. The van der Waals surface area contributed by atoms with Crippen molar-refractivity contribution in [3.8, 4) is 0 Å². The molecule has 0 radical (unpaired) electrons. The van der Waals surface area contributed by atoms with Gasteiger partial charge in [0, 0.05) is 19.6 Å². The highest BCUT2D eigenvalue weighted by Crippen LogP contribution is 2.31. The van der Waals surface area contributed by atoms with Crippen LogP contribution in [-0.2, 0) is 17.6 Å². The lowest BCUT2D eigenvalue weighted by Gasteiger charge is -2.26. The lowest BCUT2D eigenvalue weighted by molar-refractivity contribution is 0.0271. The number of benzene rings is 1. The molecular weight excluding hydrogens is 344 g/mol. The molecule has 1 aromatic carbocycles. The number of urea groups is 1. The first-order valence-electron chi connectivity index (χ1n) is 9.74. The molecule has 0 unspecified atom stereocenters. The maximum absolute atomic E-state index is 12.6. The maximum atomic E-state index is 12.6. The number of fused-ring (bicyclic) bond motifs is 1. The number of hydrogen-bond donors (Lipinski definition) is 1. The first-order chi connectivity index (χ1) is 13.2. The van der Waals surface area contributed by atoms with Crippen LogP contribution in [0.1, 0.15) is 48.2 Å². The Kier molecular flexibility index (Phi) is 5.38. The quantitative estimate of drug-likeness (QED) is 0.899. The molecule has 0 spiro atoms. The minimum absolute atomic E-state index is 0.00457. The van der Waals surface area contributed by atoms with Crippen molar-refractivity contribution in [2.24, 2.45) is 0 Å². The summed E-state index contributed by atoms with van der Waals surface area (Å²) in [6.07, 6.45) is 4.46. The van der Waals surface area contributed by atoms with Crippen LogP contribution in [0.5, 0.6) is 0 Å². The number of aryl methyl sites for hydroxylation is 2. The number of nitrogens with one attached hydrogen (secondary N) is 1. The van der Waals surface area contributed by atoms with E-state index in [4.69, 9.17) is 9.26 Å². The second-order valence-electron chi connectivity index (χ2n) is 7.30. The summed E-state index contributed by atoms with van der Waals surface area (Å²) in [7, 11) is 0. The van der Waals surface area contributed by atoms with E-state index in [-0.39, 0.29) is 18.2 Å². The molecule has 0 saturated carbocycles. The molecule has 144 valence electrons. The molecule has 2 amide bonds. The van der Waals surface area contributed by atoms with Gasteiger partial charge in [0.15, 0.2) is 5.82 Å². The molecule has 2 aromatic rings. The van der Waals surface area contributed by atoms with Crippen LogP contribution in [0, 0.1) is 6.92 Å². The van der Waals surface area contributed by atoms with Gasteiger partial charge in [-0.25, -0.2) is 4.79 Å². The van der Waals surface area contributed by atoms with Crippen molar-refractivity contribution in [2.75, 3.05) is 19.6 Å². The number of amides is 2. The third kappa shape index (κ3) is 4.30. The molecular formula is C20H26N4O3. The van der Waals surface area contributed by atoms with Crippen LogP contribution in [0.2, 0.25) is 0 Å². The number of rotatable bonds is 3. The zero-order valence-electron chi connectivity index (χ0n) is 15.7. The van der Waals surface area contributed by atoms with Gasteiger partial charge in [-0.2, -0.15) is 4.98 Å². The second-order valence-corrected chi connectivity index (χ2v) is 7.30. The van der Waals surface area contributed by atoms with E-state index in [9.17, 15) is 4.79 Å². The minimum Gasteiger partial charge on any atom is -0.363 e. The Balaban J connectivity index is 1.26. The van der Waals surface area contributed by atoms with E-state index in [0.29, 0.717) is 18.3 Å². The van der Waals surface area contributed by atoms with Crippen LogP contribution in [-0.4, -0.2) is 46.8 Å². The summed E-state index contributed by atoms with van der Waals surface area (Å²) in [6.45, 7) is 3.84. The summed E-state index contributed by atoms with van der Waals surface area (Å²) in [4.78, 5) is 18.8. The topological polar surface area (TPSA) is 80.5 Å². The number of carbonyl (C=O) groups excluding carboxylic acids is 1. The molecule has 1 N–H and O–H groups in total. The van der Waals surface area contributed by atoms with Gasteiger partial charge >= 0.3 is 6.03 Å². The Morgan fingerprint density at radius 1 is 1.22 bits per heavy atom. The van der Waals surface area contributed by atoms with Crippen molar-refractivity contribution in [3.05, 3.63) is 47.1 Å². The van der Waals surface area contributed by atoms with Gasteiger partial charge in [-0.15, -0.1) is 0 Å². The van der Waals surface area contributed by atoms with E-state index in [0.717, 1.165) is 45.2 Å². The first kappa shape index (κ1) is 18.0. The SMILES string of the molecule is Cc1noc([C@@H]2CC[C@H](CNC(=O)N3CCCc4ccccc4CC3)O2)n1. The fourth-order valence-corrected chi connectivity index (χ4v) is 3.87. The van der Waals surface area contributed by atoms with E-state index >= 15 is 0 Å². The second kappa shape index (κ2) is 8.08. The van der Waals surface area contributed by atoms with Crippen molar-refractivity contribution in [3.63, 3.8) is 0 Å². The molecule has 7 nitrogen and oxygen atoms in total. The number of carbonyl (C=O) groups is 1. The Morgan fingerprint density at radius 2 is 2.04 bits per heavy atom. The van der Waals surface area contributed by atoms with Crippen LogP contribution >= 0.6 is 0 Å². The van der Waals surface area contributed by atoms with Crippen molar-refractivity contribution in [1.82, 2.24) is 20.4 Å². The lowest BCUT2D eigenvalue weighted by Crippen LogP contribution is -2.44. The van der Waals surface area contributed by atoms with Gasteiger partial charge in [0.1, 0.15) is 6.10 Å². The summed E-state index contributed by atoms with van der Waals surface area (Å²) < 4.78 is 11.2. The first-order valence-corrected chi connectivity index (χ1v) is 9.74. The molecule has 0 aliphatic carbocycles. The fourth-order valence-electron chi connectivity index (χ4n) is 3.87. The van der Waals surface area contributed by atoms with Crippen LogP contribution in [0.15, 0.2) is 28.8 Å². The standard InChI is InChI=1S/C20H26N4O3/c1-14-22-19(27-23-14)18-9-8-17(26-18)13-21-20(25)24-11-4-7-15-5-2-3-6-16(15)10-12-24/h2-3,5-6,17-18H,4,7-13H2,1H3,(H,21,25)/t17-,18+/m1/s1. The zero-order valence-corrected chi connectivity index (χ0v) is 15.7.